The van der Waals surface area contributed by atoms with Crippen molar-refractivity contribution in [2.75, 3.05) is 7.11 Å². The summed E-state index contributed by atoms with van der Waals surface area (Å²) in [6.45, 7) is 8.19. The molecule has 0 aromatic heterocycles. The number of hydrogen-bond acceptors (Lipinski definition) is 19. The molecule has 0 spiro atoms. The number of rotatable bonds is 22. The molecule has 4 heterocycles. The number of esters is 1. The van der Waals surface area contributed by atoms with Crippen LogP contribution in [0, 0.1) is 0 Å². The summed E-state index contributed by atoms with van der Waals surface area (Å²) >= 11 is 0. The van der Waals surface area contributed by atoms with Gasteiger partial charge in [0, 0.05) is 6.42 Å². The zero-order valence-corrected chi connectivity index (χ0v) is 35.9. The number of aliphatic hydroxyl groups excluding tert-OH is 9. The van der Waals surface area contributed by atoms with Crippen LogP contribution in [0.15, 0.2) is 0 Å². The predicted molar refractivity (Wildman–Crippen MR) is 209 cm³/mol. The molecular formula is C41H74O19. The minimum Gasteiger partial charge on any atom is -0.469 e. The highest BCUT2D eigenvalue weighted by atomic mass is 16.8. The van der Waals surface area contributed by atoms with Crippen LogP contribution < -0.4 is 0 Å². The molecule has 0 aromatic rings. The summed E-state index contributed by atoms with van der Waals surface area (Å²) in [5.41, 5.74) is 0. The molecule has 19 nitrogen and oxygen atoms in total. The lowest BCUT2D eigenvalue weighted by atomic mass is 9.96. The van der Waals surface area contributed by atoms with Gasteiger partial charge in [-0.2, -0.15) is 0 Å². The van der Waals surface area contributed by atoms with Crippen molar-refractivity contribution < 1.29 is 93.4 Å². The van der Waals surface area contributed by atoms with Crippen molar-refractivity contribution in [2.24, 2.45) is 0 Å². The molecule has 21 unspecified atom stereocenters. The third kappa shape index (κ3) is 13.7. The van der Waals surface area contributed by atoms with E-state index in [0.717, 1.165) is 77.0 Å². The smallest absolute Gasteiger partial charge is 0.305 e. The Morgan fingerprint density at radius 2 is 0.850 bits per heavy atom. The summed E-state index contributed by atoms with van der Waals surface area (Å²) in [4.78, 5) is 11.3. The van der Waals surface area contributed by atoms with Crippen molar-refractivity contribution in [3.63, 3.8) is 0 Å². The van der Waals surface area contributed by atoms with Crippen LogP contribution in [-0.4, -0.2) is 188 Å². The molecule has 0 radical (unpaired) electrons. The summed E-state index contributed by atoms with van der Waals surface area (Å²) in [7, 11) is 1.39. The van der Waals surface area contributed by atoms with Crippen LogP contribution in [0.2, 0.25) is 0 Å². The zero-order valence-electron chi connectivity index (χ0n) is 35.9. The second-order valence-corrected chi connectivity index (χ2v) is 16.9. The molecule has 0 aliphatic carbocycles. The average molecular weight is 871 g/mol. The minimum absolute atomic E-state index is 0.188. The quantitative estimate of drug-likeness (QED) is 0.0512. The van der Waals surface area contributed by atoms with Crippen molar-refractivity contribution >= 4 is 5.97 Å². The molecule has 60 heavy (non-hydrogen) atoms. The van der Waals surface area contributed by atoms with Gasteiger partial charge in [0.15, 0.2) is 25.2 Å². The Labute approximate surface area is 353 Å². The van der Waals surface area contributed by atoms with Crippen LogP contribution >= 0.6 is 0 Å². The summed E-state index contributed by atoms with van der Waals surface area (Å²) in [6.07, 6.45) is -16.5. The number of carbonyl (C=O) groups excluding carboxylic acids is 1. The van der Waals surface area contributed by atoms with E-state index in [1.165, 1.54) is 27.9 Å². The standard InChI is InChI=1S/C41H74O19/c1-7-8-14-17-24(18-15-12-10-9-11-13-16-19-25(42)52-6)57-41-37(29(46)27(44)21(3)54-41)60-40-34(51)31(48)36(23(5)56-40)59-39-33(50)30(47)35(22(4)55-39)58-38-32(49)28(45)26(43)20(2)53-38/h20-24,26-41,43-51H,7-19H2,1-6H3. The van der Waals surface area contributed by atoms with Gasteiger partial charge in [-0.05, 0) is 47.0 Å². The number of carbonyl (C=O) groups is 1. The molecule has 4 saturated heterocycles. The zero-order chi connectivity index (χ0) is 44.3. The van der Waals surface area contributed by atoms with Crippen molar-refractivity contribution in [3.8, 4) is 0 Å². The van der Waals surface area contributed by atoms with E-state index < -0.39 is 123 Å². The lowest BCUT2D eigenvalue weighted by molar-refractivity contribution is -0.387. The molecule has 19 heteroatoms. The van der Waals surface area contributed by atoms with E-state index in [4.69, 9.17) is 42.6 Å². The van der Waals surface area contributed by atoms with Crippen LogP contribution in [0.5, 0.6) is 0 Å². The van der Waals surface area contributed by atoms with E-state index in [0.29, 0.717) is 6.42 Å². The van der Waals surface area contributed by atoms with E-state index >= 15 is 0 Å². The number of unbranched alkanes of at least 4 members (excludes halogenated alkanes) is 8. The van der Waals surface area contributed by atoms with Gasteiger partial charge in [-0.1, -0.05) is 64.7 Å². The maximum atomic E-state index is 11.3. The third-order valence-electron chi connectivity index (χ3n) is 12.1. The second kappa shape index (κ2) is 24.7. The van der Waals surface area contributed by atoms with Gasteiger partial charge in [-0.3, -0.25) is 4.79 Å². The molecule has 4 fully saturated rings. The molecule has 0 saturated carbocycles. The number of aliphatic hydroxyl groups is 9. The Bertz CT molecular complexity index is 1230. The second-order valence-electron chi connectivity index (χ2n) is 16.9. The van der Waals surface area contributed by atoms with E-state index in [9.17, 15) is 50.8 Å². The summed E-state index contributed by atoms with van der Waals surface area (Å²) in [5.74, 6) is -0.188. The van der Waals surface area contributed by atoms with Crippen molar-refractivity contribution in [1.82, 2.24) is 0 Å². The van der Waals surface area contributed by atoms with Crippen LogP contribution in [0.25, 0.3) is 0 Å². The van der Waals surface area contributed by atoms with Gasteiger partial charge in [0.1, 0.15) is 73.2 Å². The lowest BCUT2D eigenvalue weighted by Gasteiger charge is -2.48. The molecule has 0 aromatic carbocycles. The number of hydrogen-bond donors (Lipinski definition) is 9. The molecular weight excluding hydrogens is 796 g/mol. The molecule has 0 amide bonds. The highest BCUT2D eigenvalue weighted by Crippen LogP contribution is 2.35. The molecule has 4 aliphatic heterocycles. The predicted octanol–water partition coefficient (Wildman–Crippen LogP) is 0.0187. The SMILES string of the molecule is CCCCCC(CCCCCCCCCC(=O)OC)OC1OC(C)C(O)C(O)C1OC1OC(C)C(OC2OC(C)C(OC3OC(C)C(O)C(O)C3O)C(O)C2O)C(O)C1O. The van der Waals surface area contributed by atoms with Gasteiger partial charge in [0.2, 0.25) is 0 Å². The fourth-order valence-corrected chi connectivity index (χ4v) is 8.18. The van der Waals surface area contributed by atoms with E-state index in [-0.39, 0.29) is 12.1 Å². The van der Waals surface area contributed by atoms with E-state index in [1.54, 1.807) is 6.92 Å². The first-order chi connectivity index (χ1) is 28.5. The first-order valence-corrected chi connectivity index (χ1v) is 21.9. The van der Waals surface area contributed by atoms with Gasteiger partial charge < -0.3 is 88.6 Å². The van der Waals surface area contributed by atoms with Gasteiger partial charge in [-0.25, -0.2) is 0 Å². The molecule has 21 atom stereocenters. The monoisotopic (exact) mass is 870 g/mol. The number of ether oxygens (including phenoxy) is 9. The molecule has 4 aliphatic rings. The third-order valence-corrected chi connectivity index (χ3v) is 12.1. The highest BCUT2D eigenvalue weighted by Gasteiger charge is 2.54. The Hall–Kier alpha value is -1.21. The topological polar surface area (TPSA) is 282 Å². The fourth-order valence-electron chi connectivity index (χ4n) is 8.18. The Morgan fingerprint density at radius 1 is 0.467 bits per heavy atom. The van der Waals surface area contributed by atoms with Crippen LogP contribution in [-0.2, 0) is 47.4 Å². The number of methoxy groups -OCH3 is 1. The molecule has 4 rings (SSSR count). The van der Waals surface area contributed by atoms with Crippen molar-refractivity contribution in [2.45, 2.75) is 247 Å². The molecule has 352 valence electrons. The summed E-state index contributed by atoms with van der Waals surface area (Å²) < 4.78 is 52.2. The maximum Gasteiger partial charge on any atom is 0.305 e. The first-order valence-electron chi connectivity index (χ1n) is 21.9. The van der Waals surface area contributed by atoms with Gasteiger partial charge in [0.05, 0.1) is 37.6 Å². The minimum atomic E-state index is -1.77. The highest BCUT2D eigenvalue weighted by molar-refractivity contribution is 5.68. The van der Waals surface area contributed by atoms with E-state index in [1.807, 2.05) is 0 Å². The van der Waals surface area contributed by atoms with Crippen molar-refractivity contribution in [3.05, 3.63) is 0 Å². The Kier molecular flexibility index (Phi) is 21.2. The Balaban J connectivity index is 1.34. The molecule has 0 bridgehead atoms. The van der Waals surface area contributed by atoms with Gasteiger partial charge in [-0.15, -0.1) is 0 Å². The van der Waals surface area contributed by atoms with Crippen LogP contribution in [0.4, 0.5) is 0 Å². The first kappa shape index (κ1) is 51.4. The van der Waals surface area contributed by atoms with Crippen LogP contribution in [0.1, 0.15) is 118 Å². The van der Waals surface area contributed by atoms with Crippen molar-refractivity contribution in [1.29, 1.82) is 0 Å². The normalized spacial score (nSPS) is 43.1. The summed E-state index contributed by atoms with van der Waals surface area (Å²) in [5, 5.41) is 97.3. The van der Waals surface area contributed by atoms with Gasteiger partial charge >= 0.3 is 5.97 Å². The summed E-state index contributed by atoms with van der Waals surface area (Å²) in [6, 6.07) is 0. The molecule has 9 N–H and O–H groups in total. The Morgan fingerprint density at radius 3 is 1.35 bits per heavy atom. The fraction of sp³-hybridized carbons (Fsp3) is 0.976. The average Bonchev–Trinajstić information content (AvgIpc) is 3.22. The maximum absolute atomic E-state index is 11.3. The lowest BCUT2D eigenvalue weighted by Crippen LogP contribution is -2.66. The van der Waals surface area contributed by atoms with Gasteiger partial charge in [0.25, 0.3) is 0 Å². The largest absolute Gasteiger partial charge is 0.469 e. The van der Waals surface area contributed by atoms with Crippen LogP contribution in [0.3, 0.4) is 0 Å². The van der Waals surface area contributed by atoms with E-state index in [2.05, 4.69) is 6.92 Å².